The van der Waals surface area contributed by atoms with Gasteiger partial charge < -0.3 is 40.3 Å². The van der Waals surface area contributed by atoms with E-state index in [2.05, 4.69) is 141 Å². The Morgan fingerprint density at radius 3 is 1.14 bits per heavy atom. The Morgan fingerprint density at radius 1 is 0.432 bits per heavy atom. The molecule has 1 rings (SSSR count). The molecule has 0 aliphatic carbocycles. The number of rotatable bonds is 55. The first-order valence-electron chi connectivity index (χ1n) is 32.9. The van der Waals surface area contributed by atoms with Crippen molar-refractivity contribution < 1.29 is 39.8 Å². The molecular weight excluding hydrogens is 1010 g/mol. The second kappa shape index (κ2) is 59.5. The highest BCUT2D eigenvalue weighted by Crippen LogP contribution is 2.23. The van der Waals surface area contributed by atoms with E-state index in [1.165, 1.54) is 122 Å². The minimum absolute atomic E-state index is 0.205. The van der Waals surface area contributed by atoms with Gasteiger partial charge in [0.25, 0.3) is 0 Å². The number of unbranched alkanes of at least 4 members (excludes halogenated alkanes) is 25. The molecule has 1 fully saturated rings. The molecule has 7 atom stereocenters. The molecule has 0 saturated carbocycles. The maximum absolute atomic E-state index is 13.1. The molecule has 1 saturated heterocycles. The van der Waals surface area contributed by atoms with Gasteiger partial charge >= 0.3 is 0 Å². The van der Waals surface area contributed by atoms with Crippen molar-refractivity contribution in [3.05, 3.63) is 134 Å². The van der Waals surface area contributed by atoms with Crippen LogP contribution in [0.4, 0.5) is 0 Å². The molecule has 0 aromatic heterocycles. The monoisotopic (exact) mass is 1130 g/mol. The topological polar surface area (TPSA) is 149 Å². The fourth-order valence-corrected chi connectivity index (χ4v) is 9.60. The van der Waals surface area contributed by atoms with Crippen LogP contribution in [0.15, 0.2) is 134 Å². The van der Waals surface area contributed by atoms with Crippen LogP contribution in [0.5, 0.6) is 0 Å². The summed E-state index contributed by atoms with van der Waals surface area (Å²) in [6.07, 6.45) is 83.8. The van der Waals surface area contributed by atoms with Crippen LogP contribution >= 0.6 is 0 Å². The van der Waals surface area contributed by atoms with Crippen molar-refractivity contribution in [2.75, 3.05) is 13.2 Å². The van der Waals surface area contributed by atoms with Crippen LogP contribution in [0, 0.1) is 0 Å². The zero-order valence-electron chi connectivity index (χ0n) is 51.5. The number of aliphatic hydroxyl groups is 5. The maximum atomic E-state index is 13.1. The third-order valence-electron chi connectivity index (χ3n) is 14.7. The Hall–Kier alpha value is -3.67. The molecule has 9 nitrogen and oxygen atoms in total. The van der Waals surface area contributed by atoms with E-state index >= 15 is 0 Å². The summed E-state index contributed by atoms with van der Waals surface area (Å²) in [6, 6.07) is -0.830. The number of aliphatic hydroxyl groups excluding tert-OH is 5. The molecule has 0 radical (unpaired) electrons. The van der Waals surface area contributed by atoms with Crippen molar-refractivity contribution in [2.24, 2.45) is 0 Å². The third-order valence-corrected chi connectivity index (χ3v) is 14.7. The lowest BCUT2D eigenvalue weighted by atomic mass is 9.99. The predicted octanol–water partition coefficient (Wildman–Crippen LogP) is 17.6. The number of hydrogen-bond donors (Lipinski definition) is 6. The van der Waals surface area contributed by atoms with Crippen LogP contribution in [0.1, 0.15) is 258 Å². The van der Waals surface area contributed by atoms with Crippen molar-refractivity contribution in [2.45, 2.75) is 301 Å². The van der Waals surface area contributed by atoms with Crippen molar-refractivity contribution in [1.82, 2.24) is 5.32 Å². The van der Waals surface area contributed by atoms with E-state index in [4.69, 9.17) is 9.47 Å². The minimum Gasteiger partial charge on any atom is -0.394 e. The molecule has 0 aromatic carbocycles. The molecule has 1 aliphatic rings. The van der Waals surface area contributed by atoms with Crippen LogP contribution in [0.3, 0.4) is 0 Å². The number of carbonyl (C=O) groups is 1. The van der Waals surface area contributed by atoms with Crippen molar-refractivity contribution >= 4 is 5.91 Å². The lowest BCUT2D eigenvalue weighted by molar-refractivity contribution is -0.302. The number of allylic oxidation sites excluding steroid dienone is 21. The second-order valence-electron chi connectivity index (χ2n) is 22.2. The number of nitrogens with one attached hydrogen (secondary N) is 1. The van der Waals surface area contributed by atoms with Crippen LogP contribution < -0.4 is 5.32 Å². The van der Waals surface area contributed by atoms with Gasteiger partial charge in [-0.05, 0) is 96.3 Å². The molecule has 81 heavy (non-hydrogen) atoms. The molecular formula is C72H121NO8. The molecule has 1 aliphatic heterocycles. The molecule has 0 bridgehead atoms. The smallest absolute Gasteiger partial charge is 0.220 e. The van der Waals surface area contributed by atoms with Gasteiger partial charge in [0, 0.05) is 6.42 Å². The molecule has 6 N–H and O–H groups in total. The van der Waals surface area contributed by atoms with Crippen LogP contribution in [-0.4, -0.2) is 87.5 Å². The summed E-state index contributed by atoms with van der Waals surface area (Å²) in [5.41, 5.74) is 0. The minimum atomic E-state index is -1.58. The molecule has 7 unspecified atom stereocenters. The number of ether oxygens (including phenoxy) is 2. The largest absolute Gasteiger partial charge is 0.394 e. The molecule has 0 aromatic rings. The highest BCUT2D eigenvalue weighted by Gasteiger charge is 2.44. The van der Waals surface area contributed by atoms with E-state index in [1.54, 1.807) is 6.08 Å². The fraction of sp³-hybridized carbons (Fsp3) is 0.681. The summed E-state index contributed by atoms with van der Waals surface area (Å²) in [6.45, 7) is 3.66. The molecule has 0 spiro atoms. The van der Waals surface area contributed by atoms with E-state index in [0.717, 1.165) is 116 Å². The lowest BCUT2D eigenvalue weighted by Gasteiger charge is -2.40. The Balaban J connectivity index is 2.23. The van der Waals surface area contributed by atoms with Crippen molar-refractivity contribution in [3.8, 4) is 0 Å². The summed E-state index contributed by atoms with van der Waals surface area (Å²) < 4.78 is 11.3. The Kier molecular flexibility index (Phi) is 55.3. The van der Waals surface area contributed by atoms with Gasteiger partial charge in [-0.3, -0.25) is 4.79 Å². The Labute approximate surface area is 496 Å². The number of carbonyl (C=O) groups excluding carboxylic acids is 1. The first-order chi connectivity index (χ1) is 39.8. The number of amides is 1. The zero-order valence-corrected chi connectivity index (χ0v) is 51.5. The standard InChI is InChI=1S/C72H121NO8/c1-3-5-7-9-11-13-15-17-19-21-23-25-27-28-29-30-31-32-33-34-35-36-37-38-40-42-44-46-48-50-52-54-56-58-60-62-68(76)73-65(64-80-72-71(79)70(78)69(77)67(63-74)81-72)66(75)61-59-57-55-53-51-49-47-45-43-41-39-26-24-22-20-18-16-14-12-10-8-6-4-2/h5,7,11,13,17,19,23,25,28-29,31-32,34-35,37-38,42,44,48,50,59,61,65-67,69-72,74-75,77-79H,3-4,6,8-10,12,14-16,18,20-22,24,26-27,30,33,36,39-41,43,45-47,49,51-58,60,62-64H2,1-2H3,(H,73,76)/b7-5-,13-11-,19-17-,25-23-,29-28-,32-31-,35-34-,38-37-,44-42-,50-48-,61-59+. The van der Waals surface area contributed by atoms with E-state index < -0.39 is 49.5 Å². The van der Waals surface area contributed by atoms with Gasteiger partial charge in [-0.2, -0.15) is 0 Å². The summed E-state index contributed by atoms with van der Waals surface area (Å²) in [4.78, 5) is 13.1. The van der Waals surface area contributed by atoms with Crippen molar-refractivity contribution in [1.29, 1.82) is 0 Å². The van der Waals surface area contributed by atoms with Crippen LogP contribution in [0.2, 0.25) is 0 Å². The van der Waals surface area contributed by atoms with Gasteiger partial charge in [0.1, 0.15) is 24.4 Å². The zero-order chi connectivity index (χ0) is 58.6. The van der Waals surface area contributed by atoms with Crippen LogP contribution in [-0.2, 0) is 14.3 Å². The predicted molar refractivity (Wildman–Crippen MR) is 345 cm³/mol. The summed E-state index contributed by atoms with van der Waals surface area (Å²) >= 11 is 0. The molecule has 1 heterocycles. The van der Waals surface area contributed by atoms with Gasteiger partial charge in [-0.1, -0.05) is 289 Å². The summed E-state index contributed by atoms with van der Waals surface area (Å²) in [5.74, 6) is -0.205. The van der Waals surface area contributed by atoms with E-state index in [9.17, 15) is 30.3 Å². The third kappa shape index (κ3) is 48.4. The lowest BCUT2D eigenvalue weighted by Crippen LogP contribution is -2.60. The van der Waals surface area contributed by atoms with Gasteiger partial charge in [0.2, 0.25) is 5.91 Å². The summed E-state index contributed by atoms with van der Waals surface area (Å²) in [5, 5.41) is 54.7. The highest BCUT2D eigenvalue weighted by atomic mass is 16.7. The van der Waals surface area contributed by atoms with Gasteiger partial charge in [0.05, 0.1) is 25.4 Å². The summed E-state index contributed by atoms with van der Waals surface area (Å²) in [7, 11) is 0. The molecule has 462 valence electrons. The van der Waals surface area contributed by atoms with E-state index in [0.29, 0.717) is 6.42 Å². The van der Waals surface area contributed by atoms with Gasteiger partial charge in [0.15, 0.2) is 6.29 Å². The Bertz CT molecular complexity index is 1740. The van der Waals surface area contributed by atoms with Gasteiger partial charge in [-0.25, -0.2) is 0 Å². The quantitative estimate of drug-likeness (QED) is 0.0261. The average molecular weight is 1130 g/mol. The Morgan fingerprint density at radius 2 is 0.765 bits per heavy atom. The first-order valence-corrected chi connectivity index (χ1v) is 32.9. The highest BCUT2D eigenvalue weighted by molar-refractivity contribution is 5.76. The molecule has 1 amide bonds. The van der Waals surface area contributed by atoms with Crippen molar-refractivity contribution in [3.63, 3.8) is 0 Å². The molecule has 9 heteroatoms. The normalized spacial score (nSPS) is 19.3. The van der Waals surface area contributed by atoms with E-state index in [-0.39, 0.29) is 12.5 Å². The number of hydrogen-bond acceptors (Lipinski definition) is 8. The van der Waals surface area contributed by atoms with E-state index in [1.807, 2.05) is 6.08 Å². The van der Waals surface area contributed by atoms with Crippen LogP contribution in [0.25, 0.3) is 0 Å². The average Bonchev–Trinajstić information content (AvgIpc) is 3.48. The SMILES string of the molecule is CC/C=C\C/C=C\C/C=C\C/C=C\C/C=C\C/C=C\C/C=C\C/C=C\C/C=C\C/C=C\CCCCCCC(=O)NC(COC1OC(CO)C(O)C(O)C1O)C(O)/C=C/CCCCCCCCCCCCCCCCCCCCCCC. The van der Waals surface area contributed by atoms with Gasteiger partial charge in [-0.15, -0.1) is 0 Å². The second-order valence-corrected chi connectivity index (χ2v) is 22.2. The first kappa shape index (κ1) is 75.3. The fourth-order valence-electron chi connectivity index (χ4n) is 9.60. The maximum Gasteiger partial charge on any atom is 0.220 e.